The molecule has 2 aliphatic rings. The van der Waals surface area contributed by atoms with Gasteiger partial charge in [0.15, 0.2) is 0 Å². The number of ether oxygens (including phenoxy) is 2. The molecule has 0 aromatic carbocycles. The number of fused-ring (bicyclic) bond motifs is 1. The van der Waals surface area contributed by atoms with E-state index in [2.05, 4.69) is 4.90 Å². The molecule has 2 fully saturated rings. The topological polar surface area (TPSA) is 55.8 Å². The van der Waals surface area contributed by atoms with Gasteiger partial charge in [-0.1, -0.05) is 0 Å². The Labute approximate surface area is 94.7 Å². The number of hydrogen-bond acceptors (Lipinski definition) is 5. The Balaban J connectivity index is 2.14. The minimum Gasteiger partial charge on any atom is -0.469 e. The largest absolute Gasteiger partial charge is 0.469 e. The van der Waals surface area contributed by atoms with Crippen molar-refractivity contribution in [2.45, 2.75) is 18.9 Å². The van der Waals surface area contributed by atoms with Crippen LogP contribution in [0, 0.1) is 11.8 Å². The average molecular weight is 227 g/mol. The Morgan fingerprint density at radius 1 is 1.00 bits per heavy atom. The number of methoxy groups -OCH3 is 2. The van der Waals surface area contributed by atoms with Crippen molar-refractivity contribution in [3.8, 4) is 0 Å². The van der Waals surface area contributed by atoms with Crippen molar-refractivity contribution in [3.05, 3.63) is 0 Å². The Morgan fingerprint density at radius 2 is 1.44 bits per heavy atom. The quantitative estimate of drug-likeness (QED) is 0.624. The van der Waals surface area contributed by atoms with Crippen LogP contribution in [0.25, 0.3) is 0 Å². The van der Waals surface area contributed by atoms with E-state index in [9.17, 15) is 9.59 Å². The third-order valence-electron chi connectivity index (χ3n) is 3.71. The Kier molecular flexibility index (Phi) is 3.14. The van der Waals surface area contributed by atoms with E-state index in [1.165, 1.54) is 14.2 Å². The van der Waals surface area contributed by atoms with Crippen LogP contribution in [0.2, 0.25) is 0 Å². The highest BCUT2D eigenvalue weighted by molar-refractivity contribution is 5.78. The molecule has 0 N–H and O–H groups in total. The van der Waals surface area contributed by atoms with Gasteiger partial charge in [-0.3, -0.25) is 14.5 Å². The SMILES string of the molecule is COC(=O)C1CCN2CCC(C(=O)OC)C12. The lowest BCUT2D eigenvalue weighted by Crippen LogP contribution is -2.38. The Bertz CT molecular complexity index is 276. The van der Waals surface area contributed by atoms with Gasteiger partial charge in [0.25, 0.3) is 0 Å². The van der Waals surface area contributed by atoms with E-state index < -0.39 is 0 Å². The van der Waals surface area contributed by atoms with E-state index in [-0.39, 0.29) is 29.8 Å². The fourth-order valence-corrected chi connectivity index (χ4v) is 2.97. The number of esters is 2. The summed E-state index contributed by atoms with van der Waals surface area (Å²) < 4.78 is 9.57. The molecule has 16 heavy (non-hydrogen) atoms. The van der Waals surface area contributed by atoms with Crippen molar-refractivity contribution in [3.63, 3.8) is 0 Å². The molecule has 0 bridgehead atoms. The molecule has 2 saturated heterocycles. The van der Waals surface area contributed by atoms with E-state index in [1.54, 1.807) is 0 Å². The maximum Gasteiger partial charge on any atom is 0.310 e. The van der Waals surface area contributed by atoms with E-state index in [0.717, 1.165) is 25.9 Å². The van der Waals surface area contributed by atoms with Crippen LogP contribution < -0.4 is 0 Å². The van der Waals surface area contributed by atoms with E-state index in [1.807, 2.05) is 0 Å². The summed E-state index contributed by atoms with van der Waals surface area (Å²) in [5.74, 6) is -0.750. The lowest BCUT2D eigenvalue weighted by Gasteiger charge is -2.23. The minimum absolute atomic E-state index is 0.0140. The first kappa shape index (κ1) is 11.4. The fourth-order valence-electron chi connectivity index (χ4n) is 2.97. The summed E-state index contributed by atoms with van der Waals surface area (Å²) in [5, 5.41) is 0. The maximum atomic E-state index is 11.6. The van der Waals surface area contributed by atoms with Crippen molar-refractivity contribution >= 4 is 11.9 Å². The zero-order chi connectivity index (χ0) is 11.7. The zero-order valence-electron chi connectivity index (χ0n) is 9.64. The first-order valence-corrected chi connectivity index (χ1v) is 5.58. The predicted molar refractivity (Wildman–Crippen MR) is 55.6 cm³/mol. The molecular formula is C11H17NO4. The van der Waals surface area contributed by atoms with E-state index in [4.69, 9.17) is 9.47 Å². The molecule has 0 amide bonds. The molecule has 0 saturated carbocycles. The highest BCUT2D eigenvalue weighted by Crippen LogP contribution is 2.38. The molecule has 0 spiro atoms. The second-order valence-corrected chi connectivity index (χ2v) is 4.36. The number of hydrogen-bond donors (Lipinski definition) is 0. The van der Waals surface area contributed by atoms with Gasteiger partial charge >= 0.3 is 11.9 Å². The molecule has 0 aromatic heterocycles. The van der Waals surface area contributed by atoms with Gasteiger partial charge in [-0.2, -0.15) is 0 Å². The van der Waals surface area contributed by atoms with Crippen LogP contribution >= 0.6 is 0 Å². The third kappa shape index (κ3) is 1.69. The first-order valence-electron chi connectivity index (χ1n) is 5.58. The standard InChI is InChI=1S/C11H17NO4/c1-15-10(13)7-3-5-12-6-4-8(9(7)12)11(14)16-2/h7-9H,3-6H2,1-2H3. The summed E-state index contributed by atoms with van der Waals surface area (Å²) in [6.07, 6.45) is 1.57. The number of carbonyl (C=O) groups excluding carboxylic acids is 2. The zero-order valence-corrected chi connectivity index (χ0v) is 9.64. The first-order chi connectivity index (χ1) is 7.69. The van der Waals surface area contributed by atoms with Gasteiger partial charge < -0.3 is 9.47 Å². The van der Waals surface area contributed by atoms with Gasteiger partial charge in [-0.05, 0) is 25.9 Å². The van der Waals surface area contributed by atoms with Gasteiger partial charge in [0, 0.05) is 6.04 Å². The van der Waals surface area contributed by atoms with E-state index in [0.29, 0.717) is 0 Å². The number of nitrogens with zero attached hydrogens (tertiary/aromatic N) is 1. The minimum atomic E-state index is -0.205. The molecular weight excluding hydrogens is 210 g/mol. The molecule has 5 nitrogen and oxygen atoms in total. The van der Waals surface area contributed by atoms with E-state index >= 15 is 0 Å². The van der Waals surface area contributed by atoms with Crippen LogP contribution in [0.1, 0.15) is 12.8 Å². The van der Waals surface area contributed by atoms with Crippen molar-refractivity contribution < 1.29 is 19.1 Å². The van der Waals surface area contributed by atoms with Crippen LogP contribution in [0.5, 0.6) is 0 Å². The smallest absolute Gasteiger partial charge is 0.310 e. The van der Waals surface area contributed by atoms with Crippen molar-refractivity contribution in [1.82, 2.24) is 4.90 Å². The number of rotatable bonds is 2. The lowest BCUT2D eigenvalue weighted by atomic mass is 9.89. The van der Waals surface area contributed by atoms with Gasteiger partial charge in [0.2, 0.25) is 0 Å². The molecule has 2 heterocycles. The van der Waals surface area contributed by atoms with Gasteiger partial charge in [-0.25, -0.2) is 0 Å². The van der Waals surface area contributed by atoms with Crippen LogP contribution in [0.4, 0.5) is 0 Å². The molecule has 90 valence electrons. The van der Waals surface area contributed by atoms with Crippen molar-refractivity contribution in [2.24, 2.45) is 11.8 Å². The fraction of sp³-hybridized carbons (Fsp3) is 0.818. The predicted octanol–water partition coefficient (Wildman–Crippen LogP) is 0.0428. The molecule has 2 unspecified atom stereocenters. The monoisotopic (exact) mass is 227 g/mol. The Hall–Kier alpha value is -1.10. The summed E-state index contributed by atoms with van der Waals surface area (Å²) in [6, 6.07) is -0.0140. The summed E-state index contributed by atoms with van der Waals surface area (Å²) in [7, 11) is 2.79. The third-order valence-corrected chi connectivity index (χ3v) is 3.71. The van der Waals surface area contributed by atoms with Gasteiger partial charge in [0.05, 0.1) is 26.1 Å². The van der Waals surface area contributed by atoms with Crippen molar-refractivity contribution in [1.29, 1.82) is 0 Å². The van der Waals surface area contributed by atoms with Crippen LogP contribution in [-0.2, 0) is 19.1 Å². The highest BCUT2D eigenvalue weighted by atomic mass is 16.5. The summed E-state index contributed by atoms with van der Waals surface area (Å²) in [5.41, 5.74) is 0. The molecule has 2 aliphatic heterocycles. The molecule has 0 aromatic rings. The maximum absolute atomic E-state index is 11.6. The highest BCUT2D eigenvalue weighted by Gasteiger charge is 2.50. The molecule has 0 radical (unpaired) electrons. The second-order valence-electron chi connectivity index (χ2n) is 4.36. The number of carbonyl (C=O) groups is 2. The van der Waals surface area contributed by atoms with Crippen molar-refractivity contribution in [2.75, 3.05) is 27.3 Å². The summed E-state index contributed by atoms with van der Waals surface area (Å²) in [6.45, 7) is 1.75. The normalized spacial score (nSPS) is 33.5. The van der Waals surface area contributed by atoms with Gasteiger partial charge in [-0.15, -0.1) is 0 Å². The van der Waals surface area contributed by atoms with Crippen LogP contribution in [0.15, 0.2) is 0 Å². The molecule has 0 aliphatic carbocycles. The summed E-state index contributed by atoms with van der Waals surface area (Å²) >= 11 is 0. The van der Waals surface area contributed by atoms with Gasteiger partial charge in [0.1, 0.15) is 0 Å². The second kappa shape index (κ2) is 4.41. The molecule has 5 heteroatoms. The lowest BCUT2D eigenvalue weighted by molar-refractivity contribution is -0.150. The van der Waals surface area contributed by atoms with Crippen LogP contribution in [-0.4, -0.2) is 50.2 Å². The van der Waals surface area contributed by atoms with Crippen LogP contribution in [0.3, 0.4) is 0 Å². The average Bonchev–Trinajstić information content (AvgIpc) is 2.87. The molecule has 2 atom stereocenters. The Morgan fingerprint density at radius 3 is 1.81 bits per heavy atom. The molecule has 2 rings (SSSR count). The summed E-state index contributed by atoms with van der Waals surface area (Å²) in [4.78, 5) is 25.4.